The van der Waals surface area contributed by atoms with Crippen LogP contribution in [0.25, 0.3) is 0 Å². The number of benzene rings is 1. The van der Waals surface area contributed by atoms with Crippen LogP contribution in [0.5, 0.6) is 0 Å². The first kappa shape index (κ1) is 8.73. The molecule has 1 aromatic carbocycles. The summed E-state index contributed by atoms with van der Waals surface area (Å²) >= 11 is 5.75. The molecule has 1 aliphatic rings. The first-order chi connectivity index (χ1) is 6.27. The number of hydrogen-bond donors (Lipinski definition) is 1. The SMILES string of the molecule is O=C1CCNC1c1ccc(Cl)cc1. The Kier molecular flexibility index (Phi) is 2.34. The Bertz CT molecular complexity index is 320. The van der Waals surface area contributed by atoms with E-state index >= 15 is 0 Å². The maximum absolute atomic E-state index is 11.4. The van der Waals surface area contributed by atoms with Gasteiger partial charge in [-0.15, -0.1) is 0 Å². The summed E-state index contributed by atoms with van der Waals surface area (Å²) < 4.78 is 0. The highest BCUT2D eigenvalue weighted by atomic mass is 35.5. The van der Waals surface area contributed by atoms with E-state index in [1.165, 1.54) is 0 Å². The molecule has 0 saturated carbocycles. The largest absolute Gasteiger partial charge is 0.303 e. The molecule has 0 aliphatic carbocycles. The highest BCUT2D eigenvalue weighted by Crippen LogP contribution is 2.21. The van der Waals surface area contributed by atoms with Gasteiger partial charge in [0.2, 0.25) is 0 Å². The minimum absolute atomic E-state index is 0.114. The van der Waals surface area contributed by atoms with Crippen LogP contribution < -0.4 is 5.32 Å². The number of Topliss-reactive ketones (excluding diaryl/α,β-unsaturated/α-hetero) is 1. The van der Waals surface area contributed by atoms with E-state index in [2.05, 4.69) is 5.32 Å². The third-order valence-electron chi connectivity index (χ3n) is 2.25. The second kappa shape index (κ2) is 3.48. The van der Waals surface area contributed by atoms with Gasteiger partial charge in [0.25, 0.3) is 0 Å². The Labute approximate surface area is 81.9 Å². The molecule has 3 heteroatoms. The standard InChI is InChI=1S/C10H10ClNO/c11-8-3-1-7(2-4-8)10-9(13)5-6-12-10/h1-4,10,12H,5-6H2. The summed E-state index contributed by atoms with van der Waals surface area (Å²) in [6.45, 7) is 0.784. The monoisotopic (exact) mass is 195 g/mol. The fraction of sp³-hybridized carbons (Fsp3) is 0.300. The highest BCUT2D eigenvalue weighted by molar-refractivity contribution is 6.30. The lowest BCUT2D eigenvalue weighted by Gasteiger charge is -2.08. The fourth-order valence-corrected chi connectivity index (χ4v) is 1.68. The zero-order chi connectivity index (χ0) is 9.26. The first-order valence-electron chi connectivity index (χ1n) is 4.29. The van der Waals surface area contributed by atoms with Gasteiger partial charge in [-0.3, -0.25) is 4.79 Å². The molecule has 1 N–H and O–H groups in total. The van der Waals surface area contributed by atoms with Gasteiger partial charge in [-0.2, -0.15) is 0 Å². The highest BCUT2D eigenvalue weighted by Gasteiger charge is 2.24. The van der Waals surface area contributed by atoms with E-state index in [1.54, 1.807) is 0 Å². The van der Waals surface area contributed by atoms with Crippen molar-refractivity contribution in [3.05, 3.63) is 34.9 Å². The van der Waals surface area contributed by atoms with E-state index in [0.29, 0.717) is 11.4 Å². The van der Waals surface area contributed by atoms with Crippen LogP contribution in [0.2, 0.25) is 5.02 Å². The second-order valence-electron chi connectivity index (χ2n) is 3.16. The molecule has 2 nitrogen and oxygen atoms in total. The Morgan fingerprint density at radius 3 is 2.54 bits per heavy atom. The van der Waals surface area contributed by atoms with E-state index in [9.17, 15) is 4.79 Å². The van der Waals surface area contributed by atoms with Gasteiger partial charge in [0.05, 0.1) is 6.04 Å². The minimum Gasteiger partial charge on any atom is -0.303 e. The number of hydrogen-bond acceptors (Lipinski definition) is 2. The molecular formula is C10H10ClNO. The average molecular weight is 196 g/mol. The molecule has 1 aliphatic heterocycles. The summed E-state index contributed by atoms with van der Waals surface area (Å²) in [6, 6.07) is 7.29. The number of carbonyl (C=O) groups is 1. The summed E-state index contributed by atoms with van der Waals surface area (Å²) in [4.78, 5) is 11.4. The second-order valence-corrected chi connectivity index (χ2v) is 3.59. The van der Waals surface area contributed by atoms with Crippen LogP contribution in [-0.4, -0.2) is 12.3 Å². The number of nitrogens with one attached hydrogen (secondary N) is 1. The van der Waals surface area contributed by atoms with E-state index in [0.717, 1.165) is 12.1 Å². The van der Waals surface area contributed by atoms with Crippen LogP contribution in [0.4, 0.5) is 0 Å². The van der Waals surface area contributed by atoms with Crippen LogP contribution in [0.15, 0.2) is 24.3 Å². The average Bonchev–Trinajstić information content (AvgIpc) is 2.53. The lowest BCUT2D eigenvalue weighted by Crippen LogP contribution is -2.17. The van der Waals surface area contributed by atoms with Crippen LogP contribution in [-0.2, 0) is 4.79 Å². The van der Waals surface area contributed by atoms with Gasteiger partial charge >= 0.3 is 0 Å². The minimum atomic E-state index is -0.114. The smallest absolute Gasteiger partial charge is 0.155 e. The van der Waals surface area contributed by atoms with Gasteiger partial charge in [-0.05, 0) is 17.7 Å². The predicted molar refractivity (Wildman–Crippen MR) is 51.8 cm³/mol. The van der Waals surface area contributed by atoms with Crippen molar-refractivity contribution in [1.29, 1.82) is 0 Å². The molecule has 0 radical (unpaired) electrons. The zero-order valence-corrected chi connectivity index (χ0v) is 7.84. The lowest BCUT2D eigenvalue weighted by molar-refractivity contribution is -0.118. The first-order valence-corrected chi connectivity index (χ1v) is 4.67. The van der Waals surface area contributed by atoms with Gasteiger partial charge in [-0.25, -0.2) is 0 Å². The molecule has 0 bridgehead atoms. The Morgan fingerprint density at radius 1 is 1.31 bits per heavy atom. The van der Waals surface area contributed by atoms with Crippen LogP contribution in [0.1, 0.15) is 18.0 Å². The number of halogens is 1. The van der Waals surface area contributed by atoms with Crippen LogP contribution >= 0.6 is 11.6 Å². The quantitative estimate of drug-likeness (QED) is 0.742. The molecule has 0 amide bonds. The number of carbonyl (C=O) groups excluding carboxylic acids is 1. The number of ketones is 1. The topological polar surface area (TPSA) is 29.1 Å². The van der Waals surface area contributed by atoms with E-state index in [4.69, 9.17) is 11.6 Å². The predicted octanol–water partition coefficient (Wildman–Crippen LogP) is 1.94. The van der Waals surface area contributed by atoms with Crippen molar-refractivity contribution < 1.29 is 4.79 Å². The van der Waals surface area contributed by atoms with E-state index < -0.39 is 0 Å². The summed E-state index contributed by atoms with van der Waals surface area (Å²) in [5.74, 6) is 0.266. The Balaban J connectivity index is 2.25. The Morgan fingerprint density at radius 2 is 2.00 bits per heavy atom. The van der Waals surface area contributed by atoms with Crippen molar-refractivity contribution in [3.63, 3.8) is 0 Å². The van der Waals surface area contributed by atoms with Crippen molar-refractivity contribution >= 4 is 17.4 Å². The normalized spacial score (nSPS) is 22.2. The maximum Gasteiger partial charge on any atom is 0.155 e. The summed E-state index contributed by atoms with van der Waals surface area (Å²) in [5.41, 5.74) is 1.01. The summed E-state index contributed by atoms with van der Waals surface area (Å²) in [6.07, 6.45) is 0.632. The molecule has 1 unspecified atom stereocenters. The molecule has 0 spiro atoms. The number of rotatable bonds is 1. The van der Waals surface area contributed by atoms with Crippen molar-refractivity contribution in [2.75, 3.05) is 6.54 Å². The van der Waals surface area contributed by atoms with Crippen molar-refractivity contribution in [2.24, 2.45) is 0 Å². The van der Waals surface area contributed by atoms with E-state index in [-0.39, 0.29) is 11.8 Å². The summed E-state index contributed by atoms with van der Waals surface area (Å²) in [7, 11) is 0. The molecular weight excluding hydrogens is 186 g/mol. The zero-order valence-electron chi connectivity index (χ0n) is 7.09. The molecule has 1 fully saturated rings. The van der Waals surface area contributed by atoms with Crippen molar-refractivity contribution in [3.8, 4) is 0 Å². The Hall–Kier alpha value is -0.860. The van der Waals surface area contributed by atoms with Gasteiger partial charge in [0.1, 0.15) is 0 Å². The molecule has 1 saturated heterocycles. The maximum atomic E-state index is 11.4. The molecule has 68 valence electrons. The molecule has 1 atom stereocenters. The third kappa shape index (κ3) is 1.74. The molecule has 1 aromatic rings. The molecule has 13 heavy (non-hydrogen) atoms. The van der Waals surface area contributed by atoms with Gasteiger partial charge in [0, 0.05) is 18.0 Å². The van der Waals surface area contributed by atoms with Crippen molar-refractivity contribution in [1.82, 2.24) is 5.32 Å². The van der Waals surface area contributed by atoms with Crippen molar-refractivity contribution in [2.45, 2.75) is 12.5 Å². The molecule has 0 aromatic heterocycles. The molecule has 1 heterocycles. The molecule has 2 rings (SSSR count). The van der Waals surface area contributed by atoms with Crippen LogP contribution in [0.3, 0.4) is 0 Å². The lowest BCUT2D eigenvalue weighted by atomic mass is 10.0. The van der Waals surface area contributed by atoms with Gasteiger partial charge in [-0.1, -0.05) is 23.7 Å². The fourth-order valence-electron chi connectivity index (χ4n) is 1.56. The summed E-state index contributed by atoms with van der Waals surface area (Å²) in [5, 5.41) is 3.85. The van der Waals surface area contributed by atoms with Gasteiger partial charge in [0.15, 0.2) is 5.78 Å². The third-order valence-corrected chi connectivity index (χ3v) is 2.50. The van der Waals surface area contributed by atoms with Gasteiger partial charge < -0.3 is 5.32 Å². The van der Waals surface area contributed by atoms with Crippen LogP contribution in [0, 0.1) is 0 Å². The van der Waals surface area contributed by atoms with E-state index in [1.807, 2.05) is 24.3 Å².